The molecule has 0 aliphatic carbocycles. The Morgan fingerprint density at radius 1 is 1.33 bits per heavy atom. The van der Waals surface area contributed by atoms with Crippen molar-refractivity contribution in [3.05, 3.63) is 0 Å². The molecule has 5 heteroatoms. The van der Waals surface area contributed by atoms with E-state index >= 15 is 0 Å². The molecule has 0 N–H and O–H groups in total. The Balaban J connectivity index is 0. The van der Waals surface area contributed by atoms with Gasteiger partial charge in [0.1, 0.15) is 0 Å². The topological polar surface area (TPSA) is 47.9 Å². The van der Waals surface area contributed by atoms with Gasteiger partial charge < -0.3 is 8.85 Å². The van der Waals surface area contributed by atoms with Gasteiger partial charge in [-0.15, -0.1) is 0 Å². The fraction of sp³-hybridized carbons (Fsp3) is 0.857. The molecule has 0 aliphatic heterocycles. The first kappa shape index (κ1) is 14.1. The molecule has 12 heavy (non-hydrogen) atoms. The Bertz CT molecular complexity index is 120. The van der Waals surface area contributed by atoms with E-state index in [1.165, 1.54) is 13.1 Å². The van der Waals surface area contributed by atoms with E-state index < -0.39 is 9.28 Å². The molecule has 0 saturated heterocycles. The lowest BCUT2D eigenvalue weighted by atomic mass is 10.9. The number of aliphatic imine (C=N–C) groups is 1. The minimum absolute atomic E-state index is 0.785. The minimum Gasteiger partial charge on any atom is -0.397 e. The minimum atomic E-state index is -1.20. The molecule has 0 rings (SSSR count). The van der Waals surface area contributed by atoms with Crippen LogP contribution in [0.2, 0.25) is 6.55 Å². The van der Waals surface area contributed by atoms with Gasteiger partial charge in [-0.2, -0.15) is 0 Å². The van der Waals surface area contributed by atoms with Crippen LogP contribution in [-0.2, 0) is 13.6 Å². The van der Waals surface area contributed by atoms with Gasteiger partial charge in [0.25, 0.3) is 0 Å². The first-order valence-corrected chi connectivity index (χ1v) is 6.01. The van der Waals surface area contributed by atoms with Gasteiger partial charge in [-0.1, -0.05) is 0 Å². The predicted molar refractivity (Wildman–Crippen MR) is 50.3 cm³/mol. The molecule has 0 amide bonds. The summed E-state index contributed by atoms with van der Waals surface area (Å²) in [5.74, 6) is 0. The van der Waals surface area contributed by atoms with E-state index in [0.29, 0.717) is 0 Å². The maximum atomic E-state index is 8.88. The third-order valence-electron chi connectivity index (χ3n) is 0.894. The van der Waals surface area contributed by atoms with Crippen molar-refractivity contribution in [3.63, 3.8) is 0 Å². The fourth-order valence-corrected chi connectivity index (χ4v) is 1.55. The zero-order chi connectivity index (χ0) is 9.82. The fourth-order valence-electron chi connectivity index (χ4n) is 0.518. The third kappa shape index (κ3) is 16.3. The lowest BCUT2D eigenvalue weighted by Gasteiger charge is -2.07. The smallest absolute Gasteiger partial charge is 0.318 e. The van der Waals surface area contributed by atoms with Crippen LogP contribution < -0.4 is 0 Å². The van der Waals surface area contributed by atoms with Crippen LogP contribution in [0.25, 0.3) is 0 Å². The Hall–Kier alpha value is -0.483. The van der Waals surface area contributed by atoms with Crippen molar-refractivity contribution >= 4 is 15.4 Å². The number of hydrogen-bond acceptors (Lipinski definition) is 4. The second kappa shape index (κ2) is 13.1. The summed E-state index contributed by atoms with van der Waals surface area (Å²) in [6.45, 7) is 7.58. The summed E-state index contributed by atoms with van der Waals surface area (Å²) in [5.41, 5.74) is 0. The van der Waals surface area contributed by atoms with Crippen molar-refractivity contribution < 1.29 is 13.6 Å². The second-order valence-corrected chi connectivity index (χ2v) is 3.60. The number of nitrogens with zero attached hydrogens (tertiary/aromatic N) is 1. The Morgan fingerprint density at radius 2 is 1.67 bits per heavy atom. The first-order valence-electron chi connectivity index (χ1n) is 3.92. The quantitative estimate of drug-likeness (QED) is 0.376. The van der Waals surface area contributed by atoms with E-state index in [-0.39, 0.29) is 0 Å². The van der Waals surface area contributed by atoms with E-state index in [4.69, 9.17) is 13.6 Å². The second-order valence-electron chi connectivity index (χ2n) is 1.79. The number of rotatable bonds is 4. The van der Waals surface area contributed by atoms with Gasteiger partial charge in [-0.25, -0.2) is 9.79 Å². The zero-order valence-electron chi connectivity index (χ0n) is 8.16. The summed E-state index contributed by atoms with van der Waals surface area (Å²) >= 11 is 0. The molecule has 4 nitrogen and oxygen atoms in total. The number of hydrogen-bond donors (Lipinski definition) is 0. The molecular weight excluding hydrogens is 174 g/mol. The maximum absolute atomic E-state index is 8.88. The van der Waals surface area contributed by atoms with Gasteiger partial charge in [-0.3, -0.25) is 0 Å². The van der Waals surface area contributed by atoms with Gasteiger partial charge in [0.05, 0.1) is 0 Å². The van der Waals surface area contributed by atoms with Crippen molar-refractivity contribution in [1.82, 2.24) is 0 Å². The molecule has 0 aromatic carbocycles. The van der Waals surface area contributed by atoms with Crippen LogP contribution >= 0.6 is 0 Å². The summed E-state index contributed by atoms with van der Waals surface area (Å²) in [6, 6.07) is 0. The molecule has 0 aromatic heterocycles. The molecule has 0 spiro atoms. The van der Waals surface area contributed by atoms with Crippen LogP contribution in [0, 0.1) is 0 Å². The molecule has 0 radical (unpaired) electrons. The summed E-state index contributed by atoms with van der Waals surface area (Å²) in [5, 5.41) is 0. The van der Waals surface area contributed by atoms with Crippen molar-refractivity contribution in [1.29, 1.82) is 0 Å². The van der Waals surface area contributed by atoms with Gasteiger partial charge in [0.2, 0.25) is 6.08 Å². The molecule has 0 atom stereocenters. The largest absolute Gasteiger partial charge is 0.397 e. The van der Waals surface area contributed by atoms with E-state index in [1.54, 1.807) is 0 Å². The van der Waals surface area contributed by atoms with Crippen molar-refractivity contribution in [2.45, 2.75) is 20.4 Å². The lowest BCUT2D eigenvalue weighted by molar-refractivity contribution is 0.219. The zero-order valence-corrected chi connectivity index (χ0v) is 9.32. The van der Waals surface area contributed by atoms with Crippen molar-refractivity contribution in [2.24, 2.45) is 4.99 Å². The monoisotopic (exact) mass is 191 g/mol. The average molecular weight is 191 g/mol. The van der Waals surface area contributed by atoms with Crippen LogP contribution in [0.1, 0.15) is 13.8 Å². The highest BCUT2D eigenvalue weighted by Gasteiger charge is 1.99. The van der Waals surface area contributed by atoms with E-state index in [9.17, 15) is 0 Å². The molecule has 0 unspecified atom stereocenters. The van der Waals surface area contributed by atoms with Crippen LogP contribution in [0.5, 0.6) is 0 Å². The maximum Gasteiger partial charge on any atom is 0.318 e. The summed E-state index contributed by atoms with van der Waals surface area (Å²) in [4.78, 5) is 11.8. The van der Waals surface area contributed by atoms with Crippen LogP contribution in [-0.4, -0.2) is 35.6 Å². The van der Waals surface area contributed by atoms with Crippen molar-refractivity contribution in [3.8, 4) is 0 Å². The number of carbonyl (C=O) groups excluding carboxylic acids is 1. The molecule has 0 fully saturated rings. The molecule has 0 saturated carbocycles. The molecular formula is C7H17NO3Si. The van der Waals surface area contributed by atoms with E-state index in [0.717, 1.165) is 13.2 Å². The van der Waals surface area contributed by atoms with Gasteiger partial charge >= 0.3 is 9.28 Å². The lowest BCUT2D eigenvalue weighted by Crippen LogP contribution is -2.17. The van der Waals surface area contributed by atoms with Gasteiger partial charge in [0.15, 0.2) is 0 Å². The van der Waals surface area contributed by atoms with Crippen LogP contribution in [0.3, 0.4) is 0 Å². The van der Waals surface area contributed by atoms with E-state index in [2.05, 4.69) is 4.99 Å². The molecule has 0 heterocycles. The third-order valence-corrected chi connectivity index (χ3v) is 2.50. The van der Waals surface area contributed by atoms with Crippen molar-refractivity contribution in [2.75, 3.05) is 20.3 Å². The summed E-state index contributed by atoms with van der Waals surface area (Å²) in [7, 11) is 0.180. The molecule has 0 bridgehead atoms. The Kier molecular flexibility index (Phi) is 15.4. The van der Waals surface area contributed by atoms with Crippen LogP contribution in [0.15, 0.2) is 4.99 Å². The standard InChI is InChI=1S/C5H14O2Si.C2H3NO/c1-4-6-8(3)7-5-2;1-3-2-4/h8H,4-5H2,1-3H3;1H3. The van der Waals surface area contributed by atoms with Gasteiger partial charge in [-0.05, 0) is 20.4 Å². The van der Waals surface area contributed by atoms with Crippen LogP contribution in [0.4, 0.5) is 0 Å². The number of isocyanates is 1. The predicted octanol–water partition coefficient (Wildman–Crippen LogP) is 0.862. The molecule has 72 valence electrons. The highest BCUT2D eigenvalue weighted by atomic mass is 28.3. The molecule has 0 aliphatic rings. The Labute approximate surface area is 75.4 Å². The molecule has 0 aromatic rings. The Morgan fingerprint density at radius 3 is 1.83 bits per heavy atom. The summed E-state index contributed by atoms with van der Waals surface area (Å²) in [6.07, 6.45) is 1.31. The summed E-state index contributed by atoms with van der Waals surface area (Å²) < 4.78 is 10.4. The normalized spacial score (nSPS) is 8.42. The van der Waals surface area contributed by atoms with E-state index in [1.807, 2.05) is 20.4 Å². The highest BCUT2D eigenvalue weighted by molar-refractivity contribution is 6.42. The highest BCUT2D eigenvalue weighted by Crippen LogP contribution is 1.85. The van der Waals surface area contributed by atoms with Gasteiger partial charge in [0, 0.05) is 20.3 Å². The average Bonchev–Trinajstić information content (AvgIpc) is 2.06. The first-order chi connectivity index (χ1) is 5.72. The SMILES string of the molecule is CCO[SiH](C)OCC.CN=C=O.